The second kappa shape index (κ2) is 7.93. The molecule has 1 saturated carbocycles. The first-order valence-electron chi connectivity index (χ1n) is 11.3. The fraction of sp³-hybridized carbons (Fsp3) is 0.696. The number of benzene rings is 1. The summed E-state index contributed by atoms with van der Waals surface area (Å²) >= 11 is 0. The van der Waals surface area contributed by atoms with E-state index in [2.05, 4.69) is 6.92 Å². The zero-order valence-corrected chi connectivity index (χ0v) is 17.8. The van der Waals surface area contributed by atoms with Gasteiger partial charge in [0.2, 0.25) is 0 Å². The van der Waals surface area contributed by atoms with Crippen LogP contribution in [0.4, 0.5) is 0 Å². The van der Waals surface area contributed by atoms with Gasteiger partial charge < -0.3 is 39.7 Å². The minimum Gasteiger partial charge on any atom is -0.508 e. The number of rotatable bonds is 3. The third kappa shape index (κ3) is 3.52. The van der Waals surface area contributed by atoms with Crippen molar-refractivity contribution in [2.45, 2.75) is 87.5 Å². The number of hydrogen-bond acceptors (Lipinski definition) is 8. The molecular weight excluding hydrogens is 420 g/mol. The molecule has 2 heterocycles. The maximum Gasteiger partial charge on any atom is 0.335 e. The smallest absolute Gasteiger partial charge is 0.335 e. The highest BCUT2D eigenvalue weighted by Crippen LogP contribution is 2.57. The number of aliphatic hydroxyl groups excluding tert-OH is 3. The molecule has 176 valence electrons. The number of phenols is 1. The second-order valence-corrected chi connectivity index (χ2v) is 9.80. The number of hydrogen-bond donors (Lipinski definition) is 5. The largest absolute Gasteiger partial charge is 0.508 e. The normalized spacial score (nSPS) is 45.6. The van der Waals surface area contributed by atoms with Crippen LogP contribution in [0, 0.1) is 11.8 Å². The number of aromatic hydroxyl groups is 1. The summed E-state index contributed by atoms with van der Waals surface area (Å²) in [5, 5.41) is 49.3. The lowest BCUT2D eigenvalue weighted by Gasteiger charge is -2.47. The molecule has 9 nitrogen and oxygen atoms in total. The highest BCUT2D eigenvalue weighted by atomic mass is 16.8. The Morgan fingerprint density at radius 1 is 1.16 bits per heavy atom. The van der Waals surface area contributed by atoms with Crippen LogP contribution in [-0.2, 0) is 25.4 Å². The molecule has 0 amide bonds. The Bertz CT molecular complexity index is 890. The van der Waals surface area contributed by atoms with E-state index in [4.69, 9.17) is 14.2 Å². The minimum atomic E-state index is -1.76. The lowest BCUT2D eigenvalue weighted by atomic mass is 9.59. The van der Waals surface area contributed by atoms with E-state index in [0.717, 1.165) is 25.7 Å². The Kier molecular flexibility index (Phi) is 5.47. The van der Waals surface area contributed by atoms with Gasteiger partial charge in [-0.05, 0) is 73.6 Å². The Hall–Kier alpha value is -1.75. The van der Waals surface area contributed by atoms with Gasteiger partial charge in [-0.3, -0.25) is 0 Å². The molecule has 0 spiro atoms. The molecule has 1 aromatic rings. The molecule has 0 aromatic heterocycles. The van der Waals surface area contributed by atoms with Crippen molar-refractivity contribution in [3.05, 3.63) is 29.3 Å². The number of carboxylic acid groups (broad SMARTS) is 1. The molecule has 0 bridgehead atoms. The van der Waals surface area contributed by atoms with Crippen molar-refractivity contribution in [2.75, 3.05) is 0 Å². The maximum atomic E-state index is 11.4. The van der Waals surface area contributed by atoms with Gasteiger partial charge in [0.05, 0.1) is 5.60 Å². The van der Waals surface area contributed by atoms with Crippen molar-refractivity contribution in [3.63, 3.8) is 0 Å². The average Bonchev–Trinajstić information content (AvgIpc) is 3.09. The molecule has 5 rings (SSSR count). The van der Waals surface area contributed by atoms with Crippen LogP contribution in [0.25, 0.3) is 0 Å². The molecule has 3 fully saturated rings. The highest BCUT2D eigenvalue weighted by Gasteiger charge is 2.56. The van der Waals surface area contributed by atoms with Crippen LogP contribution in [-0.4, -0.2) is 74.1 Å². The lowest BCUT2D eigenvalue weighted by Crippen LogP contribution is -2.60. The average molecular weight is 450 g/mol. The van der Waals surface area contributed by atoms with Crippen LogP contribution >= 0.6 is 0 Å². The van der Waals surface area contributed by atoms with Gasteiger partial charge in [0.15, 0.2) is 18.7 Å². The Morgan fingerprint density at radius 2 is 1.94 bits per heavy atom. The topological polar surface area (TPSA) is 146 Å². The lowest BCUT2D eigenvalue weighted by molar-refractivity contribution is -0.332. The van der Waals surface area contributed by atoms with Crippen molar-refractivity contribution in [3.8, 4) is 5.75 Å². The third-order valence-corrected chi connectivity index (χ3v) is 7.99. The van der Waals surface area contributed by atoms with Crippen molar-refractivity contribution in [2.24, 2.45) is 11.8 Å². The SMILES string of the molecule is C[C@]12CCC3c4ccc(O)cc4CCC3C1C[C@@H](OC1O[C@H](C(=O)O)[C@@H](O)[C@H](O)[C@H]1O)O2. The first kappa shape index (κ1) is 22.1. The standard InChI is InChI=1S/C23H30O9/c1-23-7-6-13-12-5-3-11(24)8-10(12)2-4-14(13)15(23)9-16(32-23)30-22-19(27)17(25)18(26)20(31-22)21(28)29/h3,5,8,13-20,22,24-27H,2,4,6-7,9H2,1H3,(H,28,29)/t13?,14?,15?,16-,17-,18-,19+,20-,22?,23-/m0/s1. The summed E-state index contributed by atoms with van der Waals surface area (Å²) in [6.07, 6.45) is -4.69. The minimum absolute atomic E-state index is 0.208. The number of phenolic OH excluding ortho intramolecular Hbond substituents is 1. The zero-order valence-electron chi connectivity index (χ0n) is 17.8. The zero-order chi connectivity index (χ0) is 22.8. The van der Waals surface area contributed by atoms with Gasteiger partial charge in [-0.25, -0.2) is 4.79 Å². The number of fused-ring (bicyclic) bond motifs is 5. The van der Waals surface area contributed by atoms with Crippen LogP contribution in [0.2, 0.25) is 0 Å². The van der Waals surface area contributed by atoms with Crippen LogP contribution < -0.4 is 0 Å². The molecule has 5 N–H and O–H groups in total. The molecule has 1 aromatic carbocycles. The second-order valence-electron chi connectivity index (χ2n) is 9.80. The third-order valence-electron chi connectivity index (χ3n) is 7.99. The fourth-order valence-electron chi connectivity index (χ4n) is 6.38. The molecule has 4 unspecified atom stereocenters. The molecule has 32 heavy (non-hydrogen) atoms. The molecule has 2 aliphatic heterocycles. The Labute approximate surface area is 185 Å². The summed E-state index contributed by atoms with van der Waals surface area (Å²) in [5.74, 6) is -0.182. The van der Waals surface area contributed by atoms with Gasteiger partial charge in [-0.2, -0.15) is 0 Å². The van der Waals surface area contributed by atoms with Gasteiger partial charge in [-0.1, -0.05) is 6.07 Å². The van der Waals surface area contributed by atoms with Gasteiger partial charge in [0, 0.05) is 6.42 Å². The molecule has 2 saturated heterocycles. The number of aliphatic carboxylic acids is 1. The van der Waals surface area contributed by atoms with E-state index in [1.54, 1.807) is 6.07 Å². The monoisotopic (exact) mass is 450 g/mol. The summed E-state index contributed by atoms with van der Waals surface area (Å²) < 4.78 is 17.4. The van der Waals surface area contributed by atoms with Crippen LogP contribution in [0.3, 0.4) is 0 Å². The van der Waals surface area contributed by atoms with Gasteiger partial charge in [0.25, 0.3) is 0 Å². The predicted octanol–water partition coefficient (Wildman–Crippen LogP) is 0.862. The maximum absolute atomic E-state index is 11.4. The van der Waals surface area contributed by atoms with E-state index >= 15 is 0 Å². The van der Waals surface area contributed by atoms with Crippen LogP contribution in [0.15, 0.2) is 18.2 Å². The van der Waals surface area contributed by atoms with E-state index in [0.29, 0.717) is 24.0 Å². The summed E-state index contributed by atoms with van der Waals surface area (Å²) in [7, 11) is 0. The fourth-order valence-corrected chi connectivity index (χ4v) is 6.38. The summed E-state index contributed by atoms with van der Waals surface area (Å²) in [4.78, 5) is 11.4. The first-order valence-corrected chi connectivity index (χ1v) is 11.3. The van der Waals surface area contributed by atoms with Crippen LogP contribution in [0.1, 0.15) is 49.7 Å². The first-order chi connectivity index (χ1) is 15.2. The molecule has 9 heteroatoms. The van der Waals surface area contributed by atoms with E-state index in [1.807, 2.05) is 12.1 Å². The Balaban J connectivity index is 1.32. The van der Waals surface area contributed by atoms with E-state index in [-0.39, 0.29) is 5.92 Å². The number of carboxylic acids is 1. The van der Waals surface area contributed by atoms with E-state index in [1.165, 1.54) is 11.1 Å². The van der Waals surface area contributed by atoms with Gasteiger partial charge in [-0.15, -0.1) is 0 Å². The highest BCUT2D eigenvalue weighted by molar-refractivity contribution is 5.73. The van der Waals surface area contributed by atoms with E-state index in [9.17, 15) is 30.3 Å². The summed E-state index contributed by atoms with van der Waals surface area (Å²) in [6.45, 7) is 2.07. The molecule has 4 aliphatic rings. The van der Waals surface area contributed by atoms with Crippen molar-refractivity contribution < 1.29 is 44.5 Å². The number of carbonyl (C=O) groups is 1. The predicted molar refractivity (Wildman–Crippen MR) is 109 cm³/mol. The van der Waals surface area contributed by atoms with E-state index < -0.39 is 48.6 Å². The number of aryl methyl sites for hydroxylation is 1. The number of aliphatic hydroxyl groups is 3. The Morgan fingerprint density at radius 3 is 2.69 bits per heavy atom. The molecular formula is C23H30O9. The van der Waals surface area contributed by atoms with Gasteiger partial charge >= 0.3 is 5.97 Å². The quantitative estimate of drug-likeness (QED) is 0.452. The van der Waals surface area contributed by atoms with Crippen molar-refractivity contribution >= 4 is 5.97 Å². The number of ether oxygens (including phenoxy) is 3. The molecule has 2 aliphatic carbocycles. The molecule has 10 atom stereocenters. The van der Waals surface area contributed by atoms with Crippen molar-refractivity contribution in [1.29, 1.82) is 0 Å². The summed E-state index contributed by atoms with van der Waals surface area (Å²) in [5.41, 5.74) is 2.08. The van der Waals surface area contributed by atoms with Crippen LogP contribution in [0.5, 0.6) is 5.75 Å². The summed E-state index contributed by atoms with van der Waals surface area (Å²) in [6, 6.07) is 5.63. The van der Waals surface area contributed by atoms with Gasteiger partial charge in [0.1, 0.15) is 24.1 Å². The van der Waals surface area contributed by atoms with Crippen molar-refractivity contribution in [1.82, 2.24) is 0 Å². The molecule has 0 radical (unpaired) electrons.